The molecule has 0 aliphatic carbocycles. The Morgan fingerprint density at radius 1 is 1.09 bits per heavy atom. The summed E-state index contributed by atoms with van der Waals surface area (Å²) in [6, 6.07) is 13.5. The van der Waals surface area contributed by atoms with Crippen molar-refractivity contribution in [1.29, 1.82) is 0 Å². The van der Waals surface area contributed by atoms with Crippen LogP contribution in [0.1, 0.15) is 30.5 Å². The van der Waals surface area contributed by atoms with Crippen LogP contribution in [0, 0.1) is 5.82 Å². The molecule has 2 aromatic carbocycles. The van der Waals surface area contributed by atoms with Gasteiger partial charge in [-0.25, -0.2) is 9.40 Å². The molecule has 8 heteroatoms. The number of hydrogen-bond donors (Lipinski definition) is 0. The Labute approximate surface area is 187 Å². The fourth-order valence-electron chi connectivity index (χ4n) is 4.19. The summed E-state index contributed by atoms with van der Waals surface area (Å²) in [5, 5.41) is 6.05. The molecule has 0 N–H and O–H groups in total. The van der Waals surface area contributed by atoms with Crippen LogP contribution < -0.4 is 4.74 Å². The van der Waals surface area contributed by atoms with Crippen molar-refractivity contribution in [3.8, 4) is 5.75 Å². The molecule has 1 saturated heterocycles. The van der Waals surface area contributed by atoms with E-state index in [0.717, 1.165) is 5.56 Å². The smallest absolute Gasteiger partial charge is 0.257 e. The maximum absolute atomic E-state index is 14.6. The van der Waals surface area contributed by atoms with Gasteiger partial charge in [0.25, 0.3) is 5.91 Å². The van der Waals surface area contributed by atoms with Crippen LogP contribution in [0.25, 0.3) is 0 Å². The molecule has 2 amide bonds. The highest BCUT2D eigenvalue weighted by molar-refractivity contribution is 6.03. The lowest BCUT2D eigenvalue weighted by molar-refractivity contribution is -0.135. The summed E-state index contributed by atoms with van der Waals surface area (Å²) in [6.45, 7) is 4.16. The number of carbonyl (C=O) groups is 2. The van der Waals surface area contributed by atoms with Gasteiger partial charge in [-0.2, -0.15) is 5.10 Å². The molecule has 2 heterocycles. The monoisotopic (exact) mass is 438 g/mol. The third-order valence-corrected chi connectivity index (χ3v) is 6.01. The molecule has 0 spiro atoms. The van der Waals surface area contributed by atoms with Crippen LogP contribution in [0.3, 0.4) is 0 Å². The van der Waals surface area contributed by atoms with E-state index in [0.29, 0.717) is 49.6 Å². The van der Waals surface area contributed by atoms with Gasteiger partial charge in [-0.05, 0) is 18.2 Å². The van der Waals surface area contributed by atoms with E-state index in [1.807, 2.05) is 29.2 Å². The fourth-order valence-corrected chi connectivity index (χ4v) is 4.19. The summed E-state index contributed by atoms with van der Waals surface area (Å²) in [7, 11) is 1.60. The molecule has 2 aliphatic heterocycles. The van der Waals surface area contributed by atoms with Gasteiger partial charge in [-0.15, -0.1) is 0 Å². The van der Waals surface area contributed by atoms with Crippen LogP contribution in [0.2, 0.25) is 0 Å². The van der Waals surface area contributed by atoms with E-state index >= 15 is 0 Å². The summed E-state index contributed by atoms with van der Waals surface area (Å²) >= 11 is 0. The molecule has 2 aromatic rings. The number of rotatable bonds is 5. The zero-order valence-electron chi connectivity index (χ0n) is 18.3. The Balaban J connectivity index is 1.56. The van der Waals surface area contributed by atoms with Crippen LogP contribution in [-0.2, 0) is 9.59 Å². The van der Waals surface area contributed by atoms with Crippen LogP contribution in [0.4, 0.5) is 4.39 Å². The van der Waals surface area contributed by atoms with Gasteiger partial charge in [0.2, 0.25) is 5.91 Å². The second-order valence-electron chi connectivity index (χ2n) is 8.04. The van der Waals surface area contributed by atoms with Crippen LogP contribution in [0.5, 0.6) is 5.75 Å². The van der Waals surface area contributed by atoms with Crippen molar-refractivity contribution < 1.29 is 18.7 Å². The number of methoxy groups -OCH3 is 1. The van der Waals surface area contributed by atoms with Crippen molar-refractivity contribution in [1.82, 2.24) is 14.8 Å². The Kier molecular flexibility index (Phi) is 6.50. The number of nitrogens with zero attached hydrogens (tertiary/aromatic N) is 4. The maximum atomic E-state index is 14.6. The van der Waals surface area contributed by atoms with Gasteiger partial charge in [0.15, 0.2) is 0 Å². The first-order valence-corrected chi connectivity index (χ1v) is 10.7. The third kappa shape index (κ3) is 4.65. The van der Waals surface area contributed by atoms with E-state index in [1.54, 1.807) is 37.1 Å². The number of amides is 2. The number of hydrogen-bond acceptors (Lipinski definition) is 5. The highest BCUT2D eigenvalue weighted by Crippen LogP contribution is 2.34. The average Bonchev–Trinajstić information content (AvgIpc) is 3.25. The van der Waals surface area contributed by atoms with E-state index in [4.69, 9.17) is 4.74 Å². The normalized spacial score (nSPS) is 19.1. The Morgan fingerprint density at radius 2 is 1.84 bits per heavy atom. The molecule has 0 aromatic heterocycles. The van der Waals surface area contributed by atoms with Gasteiger partial charge in [0.05, 0.1) is 25.4 Å². The quantitative estimate of drug-likeness (QED) is 0.720. The molecule has 0 radical (unpaired) electrons. The number of benzene rings is 2. The second-order valence-corrected chi connectivity index (χ2v) is 8.04. The van der Waals surface area contributed by atoms with Gasteiger partial charge < -0.3 is 9.64 Å². The Morgan fingerprint density at radius 3 is 2.53 bits per heavy atom. The Bertz CT molecular complexity index is 1030. The van der Waals surface area contributed by atoms with Crippen molar-refractivity contribution in [2.75, 3.05) is 39.8 Å². The molecule has 1 fully saturated rings. The number of halogens is 1. The van der Waals surface area contributed by atoms with Crippen LogP contribution >= 0.6 is 0 Å². The predicted molar refractivity (Wildman–Crippen MR) is 119 cm³/mol. The van der Waals surface area contributed by atoms with Crippen molar-refractivity contribution in [2.45, 2.75) is 19.4 Å². The standard InChI is InChI=1S/C24H27FN4O3/c1-17(30)28-12-10-27(11-13-28)16-24(31)29-23(20-8-3-4-9-21(20)25)15-22(26-29)18-6-5-7-19(14-18)32-2/h3-9,14,23H,10-13,15-16H2,1-2H3/t23-/m1/s1. The molecule has 4 rings (SSSR count). The third-order valence-electron chi connectivity index (χ3n) is 6.01. The zero-order valence-corrected chi connectivity index (χ0v) is 18.3. The molecule has 0 unspecified atom stereocenters. The van der Waals surface area contributed by atoms with Crippen molar-refractivity contribution in [2.24, 2.45) is 5.10 Å². The summed E-state index contributed by atoms with van der Waals surface area (Å²) < 4.78 is 20.0. The lowest BCUT2D eigenvalue weighted by atomic mass is 9.98. The van der Waals surface area contributed by atoms with Crippen LogP contribution in [-0.4, -0.2) is 72.2 Å². The SMILES string of the molecule is COc1cccc(C2=NN(C(=O)CN3CCN(C(C)=O)CC3)[C@@H](c3ccccc3F)C2)c1. The molecule has 168 valence electrons. The molecule has 0 bridgehead atoms. The van der Waals surface area contributed by atoms with Crippen molar-refractivity contribution in [3.05, 3.63) is 65.5 Å². The Hall–Kier alpha value is -3.26. The highest BCUT2D eigenvalue weighted by atomic mass is 19.1. The average molecular weight is 439 g/mol. The van der Waals surface area contributed by atoms with Crippen molar-refractivity contribution >= 4 is 17.5 Å². The minimum Gasteiger partial charge on any atom is -0.497 e. The molecule has 2 aliphatic rings. The summed E-state index contributed by atoms with van der Waals surface area (Å²) in [5.41, 5.74) is 2.01. The minimum absolute atomic E-state index is 0.0441. The molecule has 0 saturated carbocycles. The summed E-state index contributed by atoms with van der Waals surface area (Å²) in [6.07, 6.45) is 0.415. The first kappa shape index (κ1) is 22.0. The van der Waals surface area contributed by atoms with Gasteiger partial charge in [0, 0.05) is 50.7 Å². The van der Waals surface area contributed by atoms with E-state index in [-0.39, 0.29) is 24.2 Å². The molecular formula is C24H27FN4O3. The number of ether oxygens (including phenoxy) is 1. The van der Waals surface area contributed by atoms with Gasteiger partial charge in [-0.3, -0.25) is 14.5 Å². The van der Waals surface area contributed by atoms with Gasteiger partial charge >= 0.3 is 0 Å². The lowest BCUT2D eigenvalue weighted by Crippen LogP contribution is -2.50. The predicted octanol–water partition coefficient (Wildman–Crippen LogP) is 2.68. The molecular weight excluding hydrogens is 411 g/mol. The van der Waals surface area contributed by atoms with E-state index in [2.05, 4.69) is 5.10 Å². The van der Waals surface area contributed by atoms with Crippen LogP contribution in [0.15, 0.2) is 53.6 Å². The lowest BCUT2D eigenvalue weighted by Gasteiger charge is -2.34. The number of piperazine rings is 1. The summed E-state index contributed by atoms with van der Waals surface area (Å²) in [5.74, 6) is 0.198. The minimum atomic E-state index is -0.511. The highest BCUT2D eigenvalue weighted by Gasteiger charge is 2.35. The first-order chi connectivity index (χ1) is 15.5. The van der Waals surface area contributed by atoms with Crippen molar-refractivity contribution in [3.63, 3.8) is 0 Å². The van der Waals surface area contributed by atoms with Gasteiger partial charge in [-0.1, -0.05) is 30.3 Å². The zero-order chi connectivity index (χ0) is 22.7. The van der Waals surface area contributed by atoms with E-state index < -0.39 is 6.04 Å². The molecule has 1 atom stereocenters. The fraction of sp³-hybridized carbons (Fsp3) is 0.375. The second kappa shape index (κ2) is 9.48. The largest absolute Gasteiger partial charge is 0.497 e. The first-order valence-electron chi connectivity index (χ1n) is 10.7. The maximum Gasteiger partial charge on any atom is 0.257 e. The summed E-state index contributed by atoms with van der Waals surface area (Å²) in [4.78, 5) is 28.6. The molecule has 32 heavy (non-hydrogen) atoms. The van der Waals surface area contributed by atoms with E-state index in [9.17, 15) is 14.0 Å². The molecule has 7 nitrogen and oxygen atoms in total. The van der Waals surface area contributed by atoms with Gasteiger partial charge in [0.1, 0.15) is 11.6 Å². The number of hydrazone groups is 1. The topological polar surface area (TPSA) is 65.5 Å². The van der Waals surface area contributed by atoms with E-state index in [1.165, 1.54) is 11.1 Å². The number of carbonyl (C=O) groups excluding carboxylic acids is 2.